The van der Waals surface area contributed by atoms with Gasteiger partial charge in [0.2, 0.25) is 5.91 Å². The van der Waals surface area contributed by atoms with Crippen molar-refractivity contribution in [2.75, 3.05) is 11.2 Å². The zero-order chi connectivity index (χ0) is 12.3. The Morgan fingerprint density at radius 2 is 2.12 bits per heavy atom. The summed E-state index contributed by atoms with van der Waals surface area (Å²) in [5.41, 5.74) is 2.37. The topological polar surface area (TPSA) is 46.9 Å². The lowest BCUT2D eigenvalue weighted by Crippen LogP contribution is -2.12. The van der Waals surface area contributed by atoms with E-state index in [0.717, 1.165) is 11.3 Å². The first-order valence-electron chi connectivity index (χ1n) is 5.15. The van der Waals surface area contributed by atoms with Crippen molar-refractivity contribution >= 4 is 23.2 Å². The van der Waals surface area contributed by atoms with Gasteiger partial charge >= 0.3 is 0 Å². The number of aryl methyl sites for hydroxylation is 1. The maximum absolute atomic E-state index is 11.3. The zero-order valence-corrected chi connectivity index (χ0v) is 10.1. The predicted molar refractivity (Wildman–Crippen MR) is 68.0 cm³/mol. The second kappa shape index (κ2) is 5.01. The quantitative estimate of drug-likeness (QED) is 0.849. The van der Waals surface area contributed by atoms with Crippen LogP contribution in [0.1, 0.15) is 0 Å². The fourth-order valence-corrected chi connectivity index (χ4v) is 1.64. The molecule has 1 amide bonds. The molecule has 0 aliphatic rings. The van der Waals surface area contributed by atoms with Gasteiger partial charge in [0.05, 0.1) is 5.69 Å². The number of halogens is 1. The minimum absolute atomic E-state index is 0.0663. The third-order valence-corrected chi connectivity index (χ3v) is 2.51. The van der Waals surface area contributed by atoms with Gasteiger partial charge in [-0.15, -0.1) is 11.6 Å². The summed E-state index contributed by atoms with van der Waals surface area (Å²) in [7, 11) is 1.81. The van der Waals surface area contributed by atoms with Gasteiger partial charge in [0.15, 0.2) is 0 Å². The monoisotopic (exact) mass is 249 g/mol. The van der Waals surface area contributed by atoms with E-state index in [1.165, 1.54) is 0 Å². The first-order chi connectivity index (χ1) is 8.20. The lowest BCUT2D eigenvalue weighted by molar-refractivity contribution is -0.113. The highest BCUT2D eigenvalue weighted by Gasteiger charge is 2.11. The van der Waals surface area contributed by atoms with Crippen LogP contribution in [0.2, 0.25) is 0 Å². The van der Waals surface area contributed by atoms with E-state index >= 15 is 0 Å². The molecular formula is C12H12ClN3O. The van der Waals surface area contributed by atoms with E-state index < -0.39 is 0 Å². The molecule has 88 valence electrons. The van der Waals surface area contributed by atoms with Crippen molar-refractivity contribution in [3.8, 4) is 11.3 Å². The van der Waals surface area contributed by atoms with Gasteiger partial charge in [0.25, 0.3) is 0 Å². The number of hydrogen-bond acceptors (Lipinski definition) is 2. The third kappa shape index (κ3) is 2.65. The maximum Gasteiger partial charge on any atom is 0.239 e. The highest BCUT2D eigenvalue weighted by molar-refractivity contribution is 6.29. The van der Waals surface area contributed by atoms with Crippen LogP contribution in [-0.2, 0) is 11.8 Å². The normalized spacial score (nSPS) is 10.2. The molecule has 2 aromatic rings. The molecule has 0 spiro atoms. The molecule has 1 aromatic heterocycles. The molecule has 0 unspecified atom stereocenters. The molecule has 5 heteroatoms. The van der Waals surface area contributed by atoms with E-state index in [0.29, 0.717) is 5.69 Å². The smallest absolute Gasteiger partial charge is 0.239 e. The molecule has 0 atom stereocenters. The Balaban J connectivity index is 2.37. The van der Waals surface area contributed by atoms with Crippen LogP contribution in [-0.4, -0.2) is 21.6 Å². The molecule has 0 aliphatic carbocycles. The van der Waals surface area contributed by atoms with Gasteiger partial charge in [-0.2, -0.15) is 5.10 Å². The third-order valence-electron chi connectivity index (χ3n) is 2.27. The van der Waals surface area contributed by atoms with Crippen LogP contribution < -0.4 is 5.32 Å². The second-order valence-electron chi connectivity index (χ2n) is 3.61. The van der Waals surface area contributed by atoms with E-state index in [4.69, 9.17) is 11.6 Å². The first kappa shape index (κ1) is 11.7. The number of hydrogen-bond donors (Lipinski definition) is 1. The van der Waals surface area contributed by atoms with Crippen molar-refractivity contribution < 1.29 is 4.79 Å². The minimum Gasteiger partial charge on any atom is -0.322 e. The maximum atomic E-state index is 11.3. The number of benzene rings is 1. The van der Waals surface area contributed by atoms with Gasteiger partial charge in [-0.1, -0.05) is 30.3 Å². The summed E-state index contributed by atoms with van der Waals surface area (Å²) >= 11 is 5.47. The lowest BCUT2D eigenvalue weighted by atomic mass is 10.1. The summed E-state index contributed by atoms with van der Waals surface area (Å²) < 4.78 is 1.66. The Hall–Kier alpha value is -1.81. The summed E-state index contributed by atoms with van der Waals surface area (Å²) in [5.74, 6) is -0.305. The number of amides is 1. The van der Waals surface area contributed by atoms with Gasteiger partial charge in [0.1, 0.15) is 11.6 Å². The van der Waals surface area contributed by atoms with Crippen molar-refractivity contribution in [2.45, 2.75) is 0 Å². The summed E-state index contributed by atoms with van der Waals surface area (Å²) in [6.45, 7) is 0. The largest absolute Gasteiger partial charge is 0.322 e. The highest BCUT2D eigenvalue weighted by Crippen LogP contribution is 2.25. The molecule has 4 nitrogen and oxygen atoms in total. The van der Waals surface area contributed by atoms with Crippen molar-refractivity contribution in [2.24, 2.45) is 7.05 Å². The van der Waals surface area contributed by atoms with Crippen LogP contribution in [0.5, 0.6) is 0 Å². The number of carbonyl (C=O) groups is 1. The van der Waals surface area contributed by atoms with Gasteiger partial charge in [-0.25, -0.2) is 0 Å². The van der Waals surface area contributed by atoms with Crippen LogP contribution in [0, 0.1) is 0 Å². The number of nitrogens with zero attached hydrogens (tertiary/aromatic N) is 2. The Morgan fingerprint density at radius 1 is 1.41 bits per heavy atom. The number of alkyl halides is 1. The van der Waals surface area contributed by atoms with Crippen LogP contribution in [0.25, 0.3) is 11.3 Å². The summed E-state index contributed by atoms with van der Waals surface area (Å²) in [4.78, 5) is 11.3. The second-order valence-corrected chi connectivity index (χ2v) is 3.88. The summed E-state index contributed by atoms with van der Waals surface area (Å²) in [6, 6.07) is 9.68. The van der Waals surface area contributed by atoms with Crippen LogP contribution >= 0.6 is 11.6 Å². The van der Waals surface area contributed by atoms with Gasteiger partial charge < -0.3 is 5.32 Å². The number of aromatic nitrogens is 2. The molecule has 0 saturated heterocycles. The van der Waals surface area contributed by atoms with Gasteiger partial charge in [-0.3, -0.25) is 9.48 Å². The van der Waals surface area contributed by atoms with Gasteiger partial charge in [-0.05, 0) is 0 Å². The van der Waals surface area contributed by atoms with Crippen LogP contribution in [0.4, 0.5) is 5.69 Å². The predicted octanol–water partition coefficient (Wildman–Crippen LogP) is 2.26. The van der Waals surface area contributed by atoms with Crippen molar-refractivity contribution in [3.05, 3.63) is 36.5 Å². The Morgan fingerprint density at radius 3 is 2.76 bits per heavy atom. The molecule has 0 radical (unpaired) electrons. The van der Waals surface area contributed by atoms with E-state index in [2.05, 4.69) is 10.4 Å². The fraction of sp³-hybridized carbons (Fsp3) is 0.167. The number of anilines is 1. The Kier molecular flexibility index (Phi) is 3.44. The highest BCUT2D eigenvalue weighted by atomic mass is 35.5. The summed E-state index contributed by atoms with van der Waals surface area (Å²) in [6.07, 6.45) is 1.76. The average Bonchev–Trinajstić information content (AvgIpc) is 2.71. The molecule has 2 rings (SSSR count). The van der Waals surface area contributed by atoms with Gasteiger partial charge in [0, 0.05) is 18.8 Å². The zero-order valence-electron chi connectivity index (χ0n) is 9.35. The molecule has 1 heterocycles. The first-order valence-corrected chi connectivity index (χ1v) is 5.69. The van der Waals surface area contributed by atoms with Crippen molar-refractivity contribution in [1.29, 1.82) is 0 Å². The molecule has 0 fully saturated rings. The van der Waals surface area contributed by atoms with E-state index in [9.17, 15) is 4.79 Å². The molecule has 1 aromatic carbocycles. The van der Waals surface area contributed by atoms with E-state index in [-0.39, 0.29) is 11.8 Å². The van der Waals surface area contributed by atoms with Crippen LogP contribution in [0.15, 0.2) is 36.5 Å². The SMILES string of the molecule is Cn1cc(NC(=O)CCl)c(-c2ccccc2)n1. The van der Waals surface area contributed by atoms with Crippen LogP contribution in [0.3, 0.4) is 0 Å². The minimum atomic E-state index is -0.239. The summed E-state index contributed by atoms with van der Waals surface area (Å²) in [5, 5.41) is 7.05. The molecular weight excluding hydrogens is 238 g/mol. The Bertz CT molecular complexity index is 522. The molecule has 0 aliphatic heterocycles. The molecule has 1 N–H and O–H groups in total. The van der Waals surface area contributed by atoms with Crippen molar-refractivity contribution in [1.82, 2.24) is 9.78 Å². The number of nitrogens with one attached hydrogen (secondary N) is 1. The molecule has 0 saturated carbocycles. The van der Waals surface area contributed by atoms with Crippen molar-refractivity contribution in [3.63, 3.8) is 0 Å². The number of rotatable bonds is 3. The molecule has 0 bridgehead atoms. The molecule has 17 heavy (non-hydrogen) atoms. The average molecular weight is 250 g/mol. The lowest BCUT2D eigenvalue weighted by Gasteiger charge is -2.02. The van der Waals surface area contributed by atoms with E-state index in [1.807, 2.05) is 37.4 Å². The number of carbonyl (C=O) groups excluding carboxylic acids is 1. The Labute approximate surface area is 104 Å². The standard InChI is InChI=1S/C12H12ClN3O/c1-16-8-10(14-11(17)7-13)12(15-16)9-5-3-2-4-6-9/h2-6,8H,7H2,1H3,(H,14,17). The van der Waals surface area contributed by atoms with E-state index in [1.54, 1.807) is 10.9 Å². The fourth-order valence-electron chi connectivity index (χ4n) is 1.57.